The zero-order chi connectivity index (χ0) is 12.4. The summed E-state index contributed by atoms with van der Waals surface area (Å²) in [4.78, 5) is 12.9. The van der Waals surface area contributed by atoms with Crippen molar-refractivity contribution < 1.29 is 9.53 Å². The topological polar surface area (TPSA) is 64.1 Å². The second-order valence-corrected chi connectivity index (χ2v) is 5.81. The molecule has 0 bridgehead atoms. The van der Waals surface area contributed by atoms with Crippen molar-refractivity contribution in [3.05, 3.63) is 17.5 Å². The van der Waals surface area contributed by atoms with Crippen LogP contribution in [0.2, 0.25) is 0 Å². The van der Waals surface area contributed by atoms with E-state index >= 15 is 0 Å². The Morgan fingerprint density at radius 2 is 2.44 bits per heavy atom. The minimum absolute atomic E-state index is 0.124. The summed E-state index contributed by atoms with van der Waals surface area (Å²) in [5, 5.41) is 14.1. The van der Waals surface area contributed by atoms with Crippen LogP contribution in [-0.4, -0.2) is 28.8 Å². The van der Waals surface area contributed by atoms with Crippen molar-refractivity contribution in [1.82, 2.24) is 10.2 Å². The average Bonchev–Trinajstić information content (AvgIpc) is 3.12. The number of carbonyl (C=O) groups is 1. The molecule has 0 spiro atoms. The quantitative estimate of drug-likeness (QED) is 0.938. The lowest BCUT2D eigenvalue weighted by Gasteiger charge is -2.06. The van der Waals surface area contributed by atoms with Crippen molar-refractivity contribution in [2.45, 2.75) is 18.9 Å². The van der Waals surface area contributed by atoms with Gasteiger partial charge in [0.1, 0.15) is 6.10 Å². The number of anilines is 1. The summed E-state index contributed by atoms with van der Waals surface area (Å²) < 4.78 is 5.31. The van der Waals surface area contributed by atoms with E-state index in [1.165, 1.54) is 11.3 Å². The van der Waals surface area contributed by atoms with Gasteiger partial charge < -0.3 is 4.74 Å². The van der Waals surface area contributed by atoms with Gasteiger partial charge >= 0.3 is 0 Å². The molecule has 18 heavy (non-hydrogen) atoms. The molecule has 7 heteroatoms. The Bertz CT molecular complexity index is 532. The molecule has 5 nitrogen and oxygen atoms in total. The summed E-state index contributed by atoms with van der Waals surface area (Å²) in [6.07, 6.45) is 1.39. The monoisotopic (exact) mass is 281 g/mol. The highest BCUT2D eigenvalue weighted by molar-refractivity contribution is 7.23. The molecule has 1 fully saturated rings. The molecule has 1 saturated heterocycles. The van der Waals surface area contributed by atoms with Crippen molar-refractivity contribution in [1.29, 1.82) is 0 Å². The largest absolute Gasteiger partial charge is 0.368 e. The highest BCUT2D eigenvalue weighted by Crippen LogP contribution is 2.29. The van der Waals surface area contributed by atoms with Crippen molar-refractivity contribution in [3.63, 3.8) is 0 Å². The van der Waals surface area contributed by atoms with Gasteiger partial charge in [-0.2, -0.15) is 0 Å². The smallest absolute Gasteiger partial charge is 0.255 e. The Hall–Kier alpha value is -1.31. The number of aromatic nitrogens is 2. The molecule has 0 saturated carbocycles. The Kier molecular flexibility index (Phi) is 3.35. The summed E-state index contributed by atoms with van der Waals surface area (Å²) >= 11 is 2.98. The number of hydrogen-bond acceptors (Lipinski definition) is 6. The van der Waals surface area contributed by atoms with Gasteiger partial charge in [0, 0.05) is 6.61 Å². The Labute approximate surface area is 112 Å². The standard InChI is InChI=1S/C11H11N3O2S2/c15-9(7-3-1-5-16-7)12-11-14-13-10(18-11)8-4-2-6-17-8/h2,4,6-7H,1,3,5H2,(H,12,14,15). The van der Waals surface area contributed by atoms with Crippen LogP contribution in [0.1, 0.15) is 12.8 Å². The molecule has 94 valence electrons. The molecule has 1 aliphatic heterocycles. The van der Waals surface area contributed by atoms with Gasteiger partial charge in [-0.25, -0.2) is 0 Å². The summed E-state index contributed by atoms with van der Waals surface area (Å²) in [5.41, 5.74) is 0. The van der Waals surface area contributed by atoms with E-state index in [0.717, 1.165) is 22.7 Å². The van der Waals surface area contributed by atoms with Crippen LogP contribution in [0.3, 0.4) is 0 Å². The lowest BCUT2D eigenvalue weighted by Crippen LogP contribution is -2.26. The summed E-state index contributed by atoms with van der Waals surface area (Å²) in [6, 6.07) is 3.95. The minimum atomic E-state index is -0.334. The third-order valence-electron chi connectivity index (χ3n) is 2.61. The predicted octanol–water partition coefficient (Wildman–Crippen LogP) is 2.38. The number of nitrogens with one attached hydrogen (secondary N) is 1. The van der Waals surface area contributed by atoms with E-state index in [2.05, 4.69) is 15.5 Å². The van der Waals surface area contributed by atoms with Gasteiger partial charge in [0.15, 0.2) is 5.01 Å². The maximum absolute atomic E-state index is 11.8. The number of hydrogen-bond donors (Lipinski definition) is 1. The van der Waals surface area contributed by atoms with E-state index in [-0.39, 0.29) is 12.0 Å². The van der Waals surface area contributed by atoms with Gasteiger partial charge in [-0.15, -0.1) is 21.5 Å². The normalized spacial score (nSPS) is 19.0. The lowest BCUT2D eigenvalue weighted by molar-refractivity contribution is -0.124. The van der Waals surface area contributed by atoms with E-state index in [0.29, 0.717) is 11.7 Å². The molecule has 0 aliphatic carbocycles. The third-order valence-corrected chi connectivity index (χ3v) is 4.49. The van der Waals surface area contributed by atoms with Crippen LogP contribution in [0.4, 0.5) is 5.13 Å². The Morgan fingerprint density at radius 3 is 3.17 bits per heavy atom. The molecule has 1 amide bonds. The second kappa shape index (κ2) is 5.13. The first-order valence-corrected chi connectivity index (χ1v) is 7.32. The van der Waals surface area contributed by atoms with Gasteiger partial charge in [0.25, 0.3) is 5.91 Å². The maximum Gasteiger partial charge on any atom is 0.255 e. The summed E-state index contributed by atoms with van der Waals surface area (Å²) in [5.74, 6) is -0.124. The van der Waals surface area contributed by atoms with Crippen LogP contribution in [0.5, 0.6) is 0 Å². The van der Waals surface area contributed by atoms with Crippen LogP contribution < -0.4 is 5.32 Å². The van der Waals surface area contributed by atoms with E-state index in [1.54, 1.807) is 11.3 Å². The first-order valence-electron chi connectivity index (χ1n) is 5.63. The van der Waals surface area contributed by atoms with Crippen LogP contribution in [0.15, 0.2) is 17.5 Å². The summed E-state index contributed by atoms with van der Waals surface area (Å²) in [7, 11) is 0. The second-order valence-electron chi connectivity index (χ2n) is 3.88. The predicted molar refractivity (Wildman–Crippen MR) is 70.8 cm³/mol. The summed E-state index contributed by atoms with van der Waals surface area (Å²) in [6.45, 7) is 0.661. The first-order chi connectivity index (χ1) is 8.83. The SMILES string of the molecule is O=C(Nc1nnc(-c2cccs2)s1)C1CCCO1. The molecule has 3 rings (SSSR count). The van der Waals surface area contributed by atoms with Crippen molar-refractivity contribution in [2.24, 2.45) is 0 Å². The highest BCUT2D eigenvalue weighted by Gasteiger charge is 2.24. The highest BCUT2D eigenvalue weighted by atomic mass is 32.1. The van der Waals surface area contributed by atoms with E-state index in [4.69, 9.17) is 4.74 Å². The molecular weight excluding hydrogens is 270 g/mol. The number of nitrogens with zero attached hydrogens (tertiary/aromatic N) is 2. The average molecular weight is 281 g/mol. The van der Waals surface area contributed by atoms with E-state index in [1.807, 2.05) is 17.5 Å². The van der Waals surface area contributed by atoms with Gasteiger partial charge in [-0.3, -0.25) is 10.1 Å². The molecule has 1 atom stereocenters. The van der Waals surface area contributed by atoms with Crippen LogP contribution >= 0.6 is 22.7 Å². The molecule has 1 aliphatic rings. The number of rotatable bonds is 3. The molecule has 0 aromatic carbocycles. The Morgan fingerprint density at radius 1 is 1.50 bits per heavy atom. The first kappa shape index (κ1) is 11.8. The molecule has 3 heterocycles. The van der Waals surface area contributed by atoms with Crippen LogP contribution in [0.25, 0.3) is 9.88 Å². The fraction of sp³-hybridized carbons (Fsp3) is 0.364. The van der Waals surface area contributed by atoms with Crippen LogP contribution in [-0.2, 0) is 9.53 Å². The number of thiophene rings is 1. The molecular formula is C11H11N3O2S2. The number of ether oxygens (including phenoxy) is 1. The fourth-order valence-electron chi connectivity index (χ4n) is 1.74. The Balaban J connectivity index is 1.68. The van der Waals surface area contributed by atoms with Crippen LogP contribution in [0, 0.1) is 0 Å². The zero-order valence-corrected chi connectivity index (χ0v) is 11.1. The number of amides is 1. The zero-order valence-electron chi connectivity index (χ0n) is 9.46. The van der Waals surface area contributed by atoms with Gasteiger partial charge in [-0.05, 0) is 24.3 Å². The molecule has 1 unspecified atom stereocenters. The number of carbonyl (C=O) groups excluding carboxylic acids is 1. The molecule has 2 aromatic rings. The molecule has 0 radical (unpaired) electrons. The van der Waals surface area contributed by atoms with Gasteiger partial charge in [-0.1, -0.05) is 17.4 Å². The van der Waals surface area contributed by atoms with Crippen molar-refractivity contribution in [3.8, 4) is 9.88 Å². The van der Waals surface area contributed by atoms with Crippen molar-refractivity contribution in [2.75, 3.05) is 11.9 Å². The lowest BCUT2D eigenvalue weighted by atomic mass is 10.2. The van der Waals surface area contributed by atoms with E-state index < -0.39 is 0 Å². The third kappa shape index (κ3) is 2.43. The minimum Gasteiger partial charge on any atom is -0.368 e. The maximum atomic E-state index is 11.8. The molecule has 2 aromatic heterocycles. The van der Waals surface area contributed by atoms with E-state index in [9.17, 15) is 4.79 Å². The van der Waals surface area contributed by atoms with Gasteiger partial charge in [0.05, 0.1) is 4.88 Å². The fourth-order valence-corrected chi connectivity index (χ4v) is 3.28. The van der Waals surface area contributed by atoms with Gasteiger partial charge in [0.2, 0.25) is 5.13 Å². The molecule has 1 N–H and O–H groups in total. The van der Waals surface area contributed by atoms with Crippen molar-refractivity contribution >= 4 is 33.7 Å².